The smallest absolute Gasteiger partial charge is 0.258 e. The molecule has 3 nitrogen and oxygen atoms in total. The van der Waals surface area contributed by atoms with Crippen molar-refractivity contribution in [1.29, 1.82) is 0 Å². The Bertz CT molecular complexity index is 558. The topological polar surface area (TPSA) is 38.3 Å². The zero-order chi connectivity index (χ0) is 13.7. The SMILES string of the molecule is O=C(COc1cccc(Cl)c1Cl)NCc1cccs1. The number of carbonyl (C=O) groups is 1. The van der Waals surface area contributed by atoms with Crippen molar-refractivity contribution < 1.29 is 9.53 Å². The van der Waals surface area contributed by atoms with E-state index in [9.17, 15) is 4.79 Å². The van der Waals surface area contributed by atoms with Crippen LogP contribution < -0.4 is 10.1 Å². The molecule has 0 unspecified atom stereocenters. The van der Waals surface area contributed by atoms with Gasteiger partial charge in [0.05, 0.1) is 11.6 Å². The van der Waals surface area contributed by atoms with Crippen LogP contribution in [-0.2, 0) is 11.3 Å². The molecule has 6 heteroatoms. The summed E-state index contributed by atoms with van der Waals surface area (Å²) in [5.41, 5.74) is 0. The van der Waals surface area contributed by atoms with Crippen molar-refractivity contribution in [2.45, 2.75) is 6.54 Å². The molecule has 1 aromatic heterocycles. The first-order valence-electron chi connectivity index (χ1n) is 5.52. The molecule has 0 aliphatic rings. The minimum Gasteiger partial charge on any atom is -0.482 e. The van der Waals surface area contributed by atoms with Crippen molar-refractivity contribution in [2.75, 3.05) is 6.61 Å². The summed E-state index contributed by atoms with van der Waals surface area (Å²) in [4.78, 5) is 12.7. The van der Waals surface area contributed by atoms with E-state index in [1.807, 2.05) is 17.5 Å². The highest BCUT2D eigenvalue weighted by atomic mass is 35.5. The van der Waals surface area contributed by atoms with Gasteiger partial charge in [-0.2, -0.15) is 0 Å². The number of amides is 1. The highest BCUT2D eigenvalue weighted by molar-refractivity contribution is 7.09. The molecule has 19 heavy (non-hydrogen) atoms. The van der Waals surface area contributed by atoms with Gasteiger partial charge in [-0.05, 0) is 23.6 Å². The maximum Gasteiger partial charge on any atom is 0.258 e. The molecular weight excluding hydrogens is 305 g/mol. The van der Waals surface area contributed by atoms with E-state index >= 15 is 0 Å². The molecule has 0 fully saturated rings. The Kier molecular flexibility index (Phi) is 5.07. The number of ether oxygens (including phenoxy) is 1. The van der Waals surface area contributed by atoms with Gasteiger partial charge in [0.15, 0.2) is 6.61 Å². The van der Waals surface area contributed by atoms with Crippen molar-refractivity contribution in [3.63, 3.8) is 0 Å². The third-order valence-corrected chi connectivity index (χ3v) is 3.99. The molecule has 0 atom stereocenters. The van der Waals surface area contributed by atoms with Gasteiger partial charge >= 0.3 is 0 Å². The minimum atomic E-state index is -0.204. The van der Waals surface area contributed by atoms with Gasteiger partial charge in [-0.15, -0.1) is 11.3 Å². The summed E-state index contributed by atoms with van der Waals surface area (Å²) in [6.45, 7) is 0.411. The summed E-state index contributed by atoms with van der Waals surface area (Å²) in [5.74, 6) is 0.199. The van der Waals surface area contributed by atoms with E-state index in [-0.39, 0.29) is 12.5 Å². The Morgan fingerprint density at radius 2 is 2.11 bits per heavy atom. The van der Waals surface area contributed by atoms with E-state index in [2.05, 4.69) is 5.32 Å². The Balaban J connectivity index is 1.81. The zero-order valence-electron chi connectivity index (χ0n) is 9.86. The average Bonchev–Trinajstić information content (AvgIpc) is 2.91. The van der Waals surface area contributed by atoms with Crippen molar-refractivity contribution in [2.24, 2.45) is 0 Å². The van der Waals surface area contributed by atoms with Gasteiger partial charge in [0, 0.05) is 4.88 Å². The molecule has 0 aliphatic heterocycles. The van der Waals surface area contributed by atoms with Crippen LogP contribution in [0.15, 0.2) is 35.7 Å². The van der Waals surface area contributed by atoms with Crippen LogP contribution in [-0.4, -0.2) is 12.5 Å². The number of hydrogen-bond acceptors (Lipinski definition) is 3. The van der Waals surface area contributed by atoms with Gasteiger partial charge in [0.1, 0.15) is 10.8 Å². The number of rotatable bonds is 5. The Morgan fingerprint density at radius 1 is 1.26 bits per heavy atom. The quantitative estimate of drug-likeness (QED) is 0.912. The second-order valence-corrected chi connectivity index (χ2v) is 5.51. The summed E-state index contributed by atoms with van der Waals surface area (Å²) >= 11 is 13.4. The lowest BCUT2D eigenvalue weighted by Crippen LogP contribution is -2.28. The van der Waals surface area contributed by atoms with Gasteiger partial charge in [-0.1, -0.05) is 35.3 Å². The summed E-state index contributed by atoms with van der Waals surface area (Å²) in [6, 6.07) is 8.94. The fourth-order valence-electron chi connectivity index (χ4n) is 1.39. The lowest BCUT2D eigenvalue weighted by Gasteiger charge is -2.08. The molecule has 0 bridgehead atoms. The highest BCUT2D eigenvalue weighted by Crippen LogP contribution is 2.31. The summed E-state index contributed by atoms with van der Waals surface area (Å²) in [6.07, 6.45) is 0. The van der Waals surface area contributed by atoms with Gasteiger partial charge in [0.2, 0.25) is 0 Å². The van der Waals surface area contributed by atoms with Crippen LogP contribution in [0.5, 0.6) is 5.75 Å². The Hall–Kier alpha value is -1.23. The first-order valence-corrected chi connectivity index (χ1v) is 7.16. The maximum absolute atomic E-state index is 11.6. The number of hydrogen-bond donors (Lipinski definition) is 1. The summed E-state index contributed by atoms with van der Waals surface area (Å²) < 4.78 is 5.32. The van der Waals surface area contributed by atoms with Gasteiger partial charge < -0.3 is 10.1 Å². The van der Waals surface area contributed by atoms with Gasteiger partial charge in [0.25, 0.3) is 5.91 Å². The third kappa shape index (κ3) is 4.13. The molecule has 0 radical (unpaired) electrons. The van der Waals surface area contributed by atoms with E-state index in [4.69, 9.17) is 27.9 Å². The summed E-state index contributed by atoms with van der Waals surface area (Å²) in [5, 5.41) is 5.44. The average molecular weight is 316 g/mol. The summed E-state index contributed by atoms with van der Waals surface area (Å²) in [7, 11) is 0. The van der Waals surface area contributed by atoms with Crippen LogP contribution in [0.2, 0.25) is 10.0 Å². The van der Waals surface area contributed by atoms with Crippen LogP contribution in [0.1, 0.15) is 4.88 Å². The van der Waals surface area contributed by atoms with E-state index < -0.39 is 0 Å². The second kappa shape index (κ2) is 6.80. The van der Waals surface area contributed by atoms with Crippen molar-refractivity contribution in [3.8, 4) is 5.75 Å². The van der Waals surface area contributed by atoms with Crippen LogP contribution >= 0.6 is 34.5 Å². The molecule has 1 N–H and O–H groups in total. The largest absolute Gasteiger partial charge is 0.482 e. The van der Waals surface area contributed by atoms with Crippen LogP contribution in [0.25, 0.3) is 0 Å². The predicted octanol–water partition coefficient (Wildman–Crippen LogP) is 3.75. The van der Waals surface area contributed by atoms with E-state index in [0.717, 1.165) is 4.88 Å². The monoisotopic (exact) mass is 315 g/mol. The molecule has 1 heterocycles. The van der Waals surface area contributed by atoms with Crippen LogP contribution in [0.3, 0.4) is 0 Å². The number of nitrogens with one attached hydrogen (secondary N) is 1. The number of benzene rings is 1. The molecule has 100 valence electrons. The molecule has 1 amide bonds. The van der Waals surface area contributed by atoms with Crippen molar-refractivity contribution in [3.05, 3.63) is 50.6 Å². The van der Waals surface area contributed by atoms with E-state index in [1.54, 1.807) is 29.5 Å². The van der Waals surface area contributed by atoms with Crippen LogP contribution in [0.4, 0.5) is 0 Å². The van der Waals surface area contributed by atoms with Gasteiger partial charge in [-0.25, -0.2) is 0 Å². The van der Waals surface area contributed by atoms with E-state index in [0.29, 0.717) is 22.3 Å². The van der Waals surface area contributed by atoms with Crippen molar-refractivity contribution >= 4 is 40.4 Å². The number of thiophene rings is 1. The fraction of sp³-hybridized carbons (Fsp3) is 0.154. The molecule has 0 saturated carbocycles. The molecule has 0 aliphatic carbocycles. The molecule has 1 aromatic carbocycles. The van der Waals surface area contributed by atoms with Crippen molar-refractivity contribution in [1.82, 2.24) is 5.32 Å². The molecule has 0 saturated heterocycles. The first-order chi connectivity index (χ1) is 9.16. The number of carbonyl (C=O) groups excluding carboxylic acids is 1. The number of halogens is 2. The molecule has 0 spiro atoms. The van der Waals surface area contributed by atoms with E-state index in [1.165, 1.54) is 0 Å². The highest BCUT2D eigenvalue weighted by Gasteiger charge is 2.08. The minimum absolute atomic E-state index is 0.0918. The van der Waals surface area contributed by atoms with Gasteiger partial charge in [-0.3, -0.25) is 4.79 Å². The second-order valence-electron chi connectivity index (χ2n) is 3.70. The lowest BCUT2D eigenvalue weighted by molar-refractivity contribution is -0.123. The zero-order valence-corrected chi connectivity index (χ0v) is 12.2. The Labute approximate surface area is 125 Å². The molecule has 2 aromatic rings. The Morgan fingerprint density at radius 3 is 2.84 bits per heavy atom. The van der Waals surface area contributed by atoms with Crippen LogP contribution in [0, 0.1) is 0 Å². The normalized spacial score (nSPS) is 10.2. The standard InChI is InChI=1S/C13H11Cl2NO2S/c14-10-4-1-5-11(13(10)15)18-8-12(17)16-7-9-3-2-6-19-9/h1-6H,7-8H2,(H,16,17). The first kappa shape index (κ1) is 14.2. The molecule has 2 rings (SSSR count). The predicted molar refractivity (Wildman–Crippen MR) is 78.1 cm³/mol. The fourth-order valence-corrected chi connectivity index (χ4v) is 2.38. The molecular formula is C13H11Cl2NO2S. The maximum atomic E-state index is 11.6. The lowest BCUT2D eigenvalue weighted by atomic mass is 10.3. The third-order valence-electron chi connectivity index (χ3n) is 2.31.